The highest BCUT2D eigenvalue weighted by atomic mass is 32.2. The molecule has 0 radical (unpaired) electrons. The summed E-state index contributed by atoms with van der Waals surface area (Å²) in [4.78, 5) is 0. The Balaban J connectivity index is 1.70. The number of benzene rings is 1. The second-order valence-electron chi connectivity index (χ2n) is 5.44. The molecule has 1 aliphatic heterocycles. The zero-order valence-corrected chi connectivity index (χ0v) is 13.4. The molecule has 110 valence electrons. The SMILES string of the molecule is CC1SCCSC1C(NN)c1ccc(OC2CC2)cc1. The molecule has 20 heavy (non-hydrogen) atoms. The van der Waals surface area contributed by atoms with E-state index >= 15 is 0 Å². The van der Waals surface area contributed by atoms with Gasteiger partial charge < -0.3 is 4.74 Å². The van der Waals surface area contributed by atoms with Gasteiger partial charge in [-0.1, -0.05) is 19.1 Å². The van der Waals surface area contributed by atoms with Crippen molar-refractivity contribution in [1.82, 2.24) is 5.43 Å². The van der Waals surface area contributed by atoms with Crippen LogP contribution in [0.15, 0.2) is 24.3 Å². The fraction of sp³-hybridized carbons (Fsp3) is 0.600. The van der Waals surface area contributed by atoms with Crippen LogP contribution in [0.4, 0.5) is 0 Å². The van der Waals surface area contributed by atoms with Crippen molar-refractivity contribution < 1.29 is 4.74 Å². The van der Waals surface area contributed by atoms with Crippen LogP contribution in [0.3, 0.4) is 0 Å². The van der Waals surface area contributed by atoms with E-state index in [2.05, 4.69) is 36.6 Å². The molecule has 0 bridgehead atoms. The van der Waals surface area contributed by atoms with Crippen LogP contribution in [-0.4, -0.2) is 28.1 Å². The minimum Gasteiger partial charge on any atom is -0.490 e. The Labute approximate surface area is 129 Å². The van der Waals surface area contributed by atoms with E-state index in [9.17, 15) is 0 Å². The summed E-state index contributed by atoms with van der Waals surface area (Å²) in [6.45, 7) is 2.30. The molecule has 1 saturated heterocycles. The number of hydrogen-bond donors (Lipinski definition) is 2. The molecule has 1 saturated carbocycles. The third-order valence-electron chi connectivity index (χ3n) is 3.81. The van der Waals surface area contributed by atoms with Crippen LogP contribution >= 0.6 is 23.5 Å². The zero-order chi connectivity index (χ0) is 13.9. The Bertz CT molecular complexity index is 436. The van der Waals surface area contributed by atoms with Crippen LogP contribution in [0, 0.1) is 0 Å². The molecule has 1 aliphatic carbocycles. The molecule has 2 aliphatic rings. The maximum Gasteiger partial charge on any atom is 0.119 e. The highest BCUT2D eigenvalue weighted by Gasteiger charge is 2.31. The molecule has 0 aromatic heterocycles. The largest absolute Gasteiger partial charge is 0.490 e. The lowest BCUT2D eigenvalue weighted by atomic mass is 10.0. The summed E-state index contributed by atoms with van der Waals surface area (Å²) in [7, 11) is 0. The normalized spacial score (nSPS) is 28.1. The fourth-order valence-corrected chi connectivity index (χ4v) is 5.46. The van der Waals surface area contributed by atoms with Gasteiger partial charge in [-0.05, 0) is 30.5 Å². The second-order valence-corrected chi connectivity index (χ2v) is 8.21. The van der Waals surface area contributed by atoms with Crippen molar-refractivity contribution >= 4 is 23.5 Å². The van der Waals surface area contributed by atoms with Gasteiger partial charge in [0, 0.05) is 22.0 Å². The summed E-state index contributed by atoms with van der Waals surface area (Å²) in [5.41, 5.74) is 4.27. The summed E-state index contributed by atoms with van der Waals surface area (Å²) in [5, 5.41) is 1.14. The van der Waals surface area contributed by atoms with Gasteiger partial charge in [-0.25, -0.2) is 0 Å². The van der Waals surface area contributed by atoms with Crippen molar-refractivity contribution in [3.8, 4) is 5.75 Å². The lowest BCUT2D eigenvalue weighted by Gasteiger charge is -2.34. The molecule has 5 heteroatoms. The van der Waals surface area contributed by atoms with E-state index in [1.54, 1.807) is 0 Å². The zero-order valence-electron chi connectivity index (χ0n) is 11.7. The molecule has 1 aromatic carbocycles. The molecular formula is C15H22N2OS2. The molecule has 2 fully saturated rings. The van der Waals surface area contributed by atoms with Gasteiger partial charge in [-0.3, -0.25) is 11.3 Å². The number of ether oxygens (including phenoxy) is 1. The number of nitrogens with two attached hydrogens (primary N) is 1. The first kappa shape index (κ1) is 14.6. The predicted octanol–water partition coefficient (Wildman–Crippen LogP) is 2.97. The lowest BCUT2D eigenvalue weighted by Crippen LogP contribution is -2.40. The van der Waals surface area contributed by atoms with Gasteiger partial charge in [0.25, 0.3) is 0 Å². The summed E-state index contributed by atoms with van der Waals surface area (Å²) >= 11 is 4.07. The van der Waals surface area contributed by atoms with E-state index in [-0.39, 0.29) is 6.04 Å². The van der Waals surface area contributed by atoms with E-state index in [0.29, 0.717) is 16.6 Å². The van der Waals surface area contributed by atoms with Gasteiger partial charge >= 0.3 is 0 Å². The average molecular weight is 310 g/mol. The molecule has 3 rings (SSSR count). The van der Waals surface area contributed by atoms with Gasteiger partial charge in [0.2, 0.25) is 0 Å². The molecule has 3 N–H and O–H groups in total. The summed E-state index contributed by atoms with van der Waals surface area (Å²) in [6.07, 6.45) is 2.85. The molecule has 3 atom stereocenters. The van der Waals surface area contributed by atoms with Gasteiger partial charge in [0.15, 0.2) is 0 Å². The highest BCUT2D eigenvalue weighted by Crippen LogP contribution is 2.38. The van der Waals surface area contributed by atoms with Crippen molar-refractivity contribution in [2.45, 2.75) is 42.4 Å². The Morgan fingerprint density at radius 3 is 2.50 bits per heavy atom. The van der Waals surface area contributed by atoms with Gasteiger partial charge in [-0.15, -0.1) is 0 Å². The maximum atomic E-state index is 5.82. The Morgan fingerprint density at radius 2 is 1.90 bits per heavy atom. The molecule has 0 amide bonds. The van der Waals surface area contributed by atoms with E-state index in [1.165, 1.54) is 29.9 Å². The van der Waals surface area contributed by atoms with Crippen LogP contribution in [0.5, 0.6) is 5.75 Å². The topological polar surface area (TPSA) is 47.3 Å². The monoisotopic (exact) mass is 310 g/mol. The number of thioether (sulfide) groups is 2. The molecular weight excluding hydrogens is 288 g/mol. The average Bonchev–Trinajstić information content (AvgIpc) is 3.27. The molecule has 0 spiro atoms. The van der Waals surface area contributed by atoms with E-state index in [4.69, 9.17) is 10.6 Å². The van der Waals surface area contributed by atoms with Gasteiger partial charge in [-0.2, -0.15) is 23.5 Å². The predicted molar refractivity (Wildman–Crippen MR) is 88.3 cm³/mol. The first-order chi connectivity index (χ1) is 9.78. The number of hydrazine groups is 1. The summed E-state index contributed by atoms with van der Waals surface area (Å²) in [6, 6.07) is 8.65. The van der Waals surface area contributed by atoms with Gasteiger partial charge in [0.1, 0.15) is 5.75 Å². The van der Waals surface area contributed by atoms with Crippen LogP contribution < -0.4 is 16.0 Å². The summed E-state index contributed by atoms with van der Waals surface area (Å²) in [5.74, 6) is 9.25. The van der Waals surface area contributed by atoms with Crippen LogP contribution in [0.1, 0.15) is 31.4 Å². The van der Waals surface area contributed by atoms with Crippen LogP contribution in [-0.2, 0) is 0 Å². The number of hydrogen-bond acceptors (Lipinski definition) is 5. The van der Waals surface area contributed by atoms with E-state index in [1.807, 2.05) is 23.5 Å². The first-order valence-electron chi connectivity index (χ1n) is 7.24. The fourth-order valence-electron chi connectivity index (χ4n) is 2.53. The van der Waals surface area contributed by atoms with Crippen molar-refractivity contribution in [3.63, 3.8) is 0 Å². The lowest BCUT2D eigenvalue weighted by molar-refractivity contribution is 0.303. The first-order valence-corrected chi connectivity index (χ1v) is 9.33. The minimum atomic E-state index is 0.206. The van der Waals surface area contributed by atoms with Crippen LogP contribution in [0.2, 0.25) is 0 Å². The summed E-state index contributed by atoms with van der Waals surface area (Å²) < 4.78 is 5.80. The Morgan fingerprint density at radius 1 is 1.20 bits per heavy atom. The molecule has 3 unspecified atom stereocenters. The number of rotatable bonds is 5. The van der Waals surface area contributed by atoms with E-state index < -0.39 is 0 Å². The van der Waals surface area contributed by atoms with Crippen molar-refractivity contribution in [3.05, 3.63) is 29.8 Å². The number of nitrogens with one attached hydrogen (secondary N) is 1. The van der Waals surface area contributed by atoms with Crippen molar-refractivity contribution in [1.29, 1.82) is 0 Å². The van der Waals surface area contributed by atoms with Crippen molar-refractivity contribution in [2.24, 2.45) is 5.84 Å². The van der Waals surface area contributed by atoms with Gasteiger partial charge in [0.05, 0.1) is 12.1 Å². The minimum absolute atomic E-state index is 0.206. The third-order valence-corrected chi connectivity index (χ3v) is 7.01. The maximum absolute atomic E-state index is 5.82. The Kier molecular flexibility index (Phi) is 4.81. The Hall–Kier alpha value is -0.360. The standard InChI is InChI=1S/C15H22N2OS2/c1-10-15(20-9-8-19-10)14(17-16)11-2-4-12(5-3-11)18-13-6-7-13/h2-5,10,13-15,17H,6-9,16H2,1H3. The molecule has 3 nitrogen and oxygen atoms in total. The highest BCUT2D eigenvalue weighted by molar-refractivity contribution is 8.07. The van der Waals surface area contributed by atoms with Crippen LogP contribution in [0.25, 0.3) is 0 Å². The third kappa shape index (κ3) is 3.45. The quantitative estimate of drug-likeness (QED) is 0.647. The molecule has 1 aromatic rings. The van der Waals surface area contributed by atoms with E-state index in [0.717, 1.165) is 5.75 Å². The molecule has 1 heterocycles. The second kappa shape index (κ2) is 6.60. The smallest absolute Gasteiger partial charge is 0.119 e. The van der Waals surface area contributed by atoms with Crippen molar-refractivity contribution in [2.75, 3.05) is 11.5 Å².